The van der Waals surface area contributed by atoms with Crippen molar-refractivity contribution in [2.24, 2.45) is 5.92 Å². The minimum Gasteiger partial charge on any atom is -0.491 e. The zero-order valence-corrected chi connectivity index (χ0v) is 23.2. The van der Waals surface area contributed by atoms with Crippen LogP contribution in [0.5, 0.6) is 5.75 Å². The molecule has 0 saturated heterocycles. The summed E-state index contributed by atoms with van der Waals surface area (Å²) in [5.74, 6) is 2.31. The van der Waals surface area contributed by atoms with Crippen molar-refractivity contribution in [1.29, 1.82) is 0 Å². The molecule has 2 amide bonds. The molecule has 0 saturated carbocycles. The second-order valence-corrected chi connectivity index (χ2v) is 10.7. The molecule has 0 fully saturated rings. The summed E-state index contributed by atoms with van der Waals surface area (Å²) in [6, 6.07) is 7.37. The number of nitrogens with zero attached hydrogens (tertiary/aromatic N) is 4. The second-order valence-electron chi connectivity index (χ2n) is 10.7. The Labute approximate surface area is 221 Å². The highest BCUT2D eigenvalue weighted by molar-refractivity contribution is 5.96. The smallest absolute Gasteiger partial charge is 0.257 e. The molecule has 0 N–H and O–H groups in total. The highest BCUT2D eigenvalue weighted by atomic mass is 16.5. The van der Waals surface area contributed by atoms with Crippen molar-refractivity contribution < 1.29 is 18.7 Å². The molecule has 0 bridgehead atoms. The average Bonchev–Trinajstić information content (AvgIpc) is 3.36. The van der Waals surface area contributed by atoms with Crippen LogP contribution in [-0.2, 0) is 11.2 Å². The molecule has 8 nitrogen and oxygen atoms in total. The molecular weight excluding hydrogens is 468 g/mol. The van der Waals surface area contributed by atoms with Crippen LogP contribution in [0, 0.1) is 5.92 Å². The molecule has 1 aliphatic rings. The van der Waals surface area contributed by atoms with E-state index in [-0.39, 0.29) is 23.8 Å². The van der Waals surface area contributed by atoms with E-state index in [0.717, 1.165) is 38.6 Å². The first kappa shape index (κ1) is 28.7. The fraction of sp³-hybridized carbons (Fsp3) is 0.655. The molecule has 1 aromatic heterocycles. The number of carbonyl (C=O) groups excluding carboxylic acids is 2. The number of amides is 2. The molecule has 0 radical (unpaired) electrons. The largest absolute Gasteiger partial charge is 0.491 e. The van der Waals surface area contributed by atoms with Crippen LogP contribution in [-0.4, -0.2) is 64.1 Å². The number of aryl methyl sites for hydroxylation is 1. The maximum atomic E-state index is 13.5. The van der Waals surface area contributed by atoms with Gasteiger partial charge >= 0.3 is 0 Å². The molecule has 8 heteroatoms. The number of benzene rings is 1. The molecule has 2 heterocycles. The predicted octanol–water partition coefficient (Wildman–Crippen LogP) is 5.48. The SMILES string of the molecule is CCN1CCCCCCN(C(=O)CCc2nnc(C(C)C)o2)[C@@H](CC(C)C)COc2ccccc2C1=O. The Morgan fingerprint density at radius 3 is 2.46 bits per heavy atom. The molecule has 0 spiro atoms. The first-order valence-electron chi connectivity index (χ1n) is 13.9. The Morgan fingerprint density at radius 1 is 1.05 bits per heavy atom. The lowest BCUT2D eigenvalue weighted by Crippen LogP contribution is -2.45. The number of para-hydroxylation sites is 1. The lowest BCUT2D eigenvalue weighted by molar-refractivity contribution is -0.134. The van der Waals surface area contributed by atoms with Gasteiger partial charge in [-0.15, -0.1) is 10.2 Å². The number of aromatic nitrogens is 2. The van der Waals surface area contributed by atoms with Crippen molar-refractivity contribution in [2.75, 3.05) is 26.2 Å². The van der Waals surface area contributed by atoms with Gasteiger partial charge in [0.25, 0.3) is 5.91 Å². The van der Waals surface area contributed by atoms with E-state index in [0.29, 0.717) is 61.6 Å². The summed E-state index contributed by atoms with van der Waals surface area (Å²) in [4.78, 5) is 30.7. The highest BCUT2D eigenvalue weighted by Crippen LogP contribution is 2.24. The lowest BCUT2D eigenvalue weighted by Gasteiger charge is -2.34. The standard InChI is InChI=1S/C29H44N4O4/c1-6-32-17-11-7-8-12-18-33(27(34)16-15-26-30-31-28(37-26)22(4)5)23(19-21(2)3)20-36-25-14-10-9-13-24(25)29(32)35/h9-10,13-14,21-23H,6-8,11-12,15-20H2,1-5H3/t23-/m0/s1. The maximum Gasteiger partial charge on any atom is 0.257 e. The predicted molar refractivity (Wildman–Crippen MR) is 144 cm³/mol. The monoisotopic (exact) mass is 512 g/mol. The van der Waals surface area contributed by atoms with E-state index in [1.165, 1.54) is 0 Å². The maximum absolute atomic E-state index is 13.5. The molecule has 3 rings (SSSR count). The number of hydrogen-bond donors (Lipinski definition) is 0. The zero-order valence-electron chi connectivity index (χ0n) is 23.2. The molecule has 1 aliphatic heterocycles. The van der Waals surface area contributed by atoms with Crippen LogP contribution >= 0.6 is 0 Å². The van der Waals surface area contributed by atoms with E-state index in [1.807, 2.05) is 54.8 Å². The fourth-order valence-corrected chi connectivity index (χ4v) is 4.77. The molecule has 204 valence electrons. The van der Waals surface area contributed by atoms with Crippen molar-refractivity contribution in [1.82, 2.24) is 20.0 Å². The van der Waals surface area contributed by atoms with Gasteiger partial charge in [-0.05, 0) is 44.2 Å². The van der Waals surface area contributed by atoms with Crippen LogP contribution in [0.15, 0.2) is 28.7 Å². The normalized spacial score (nSPS) is 18.0. The van der Waals surface area contributed by atoms with Gasteiger partial charge in [0.05, 0.1) is 11.6 Å². The molecule has 37 heavy (non-hydrogen) atoms. The third-order valence-electron chi connectivity index (χ3n) is 6.83. The number of hydrogen-bond acceptors (Lipinski definition) is 6. The zero-order chi connectivity index (χ0) is 26.8. The summed E-state index contributed by atoms with van der Waals surface area (Å²) >= 11 is 0. The molecular formula is C29H44N4O4. The third kappa shape index (κ3) is 8.30. The fourth-order valence-electron chi connectivity index (χ4n) is 4.77. The van der Waals surface area contributed by atoms with Crippen LogP contribution in [0.3, 0.4) is 0 Å². The van der Waals surface area contributed by atoms with Crippen molar-refractivity contribution in [3.8, 4) is 5.75 Å². The number of carbonyl (C=O) groups is 2. The van der Waals surface area contributed by atoms with Gasteiger partial charge in [0.1, 0.15) is 12.4 Å². The van der Waals surface area contributed by atoms with Crippen LogP contribution in [0.25, 0.3) is 0 Å². The van der Waals surface area contributed by atoms with Crippen molar-refractivity contribution >= 4 is 11.8 Å². The summed E-state index contributed by atoms with van der Waals surface area (Å²) < 4.78 is 12.0. The lowest BCUT2D eigenvalue weighted by atomic mass is 10.0. The van der Waals surface area contributed by atoms with Gasteiger partial charge in [0.2, 0.25) is 17.7 Å². The Hall–Kier alpha value is -2.90. The Bertz CT molecular complexity index is 1000. The van der Waals surface area contributed by atoms with Crippen molar-refractivity contribution in [2.45, 2.75) is 91.5 Å². The Kier molecular flexibility index (Phi) is 11.0. The summed E-state index contributed by atoms with van der Waals surface area (Å²) in [6.07, 6.45) is 5.47. The number of rotatable bonds is 7. The number of ether oxygens (including phenoxy) is 1. The summed E-state index contributed by atoms with van der Waals surface area (Å²) in [5, 5.41) is 8.22. The molecule has 2 aromatic rings. The Morgan fingerprint density at radius 2 is 1.78 bits per heavy atom. The van der Waals surface area contributed by atoms with Crippen LogP contribution < -0.4 is 4.74 Å². The summed E-state index contributed by atoms with van der Waals surface area (Å²) in [6.45, 7) is 12.8. The van der Waals surface area contributed by atoms with Crippen molar-refractivity contribution in [3.63, 3.8) is 0 Å². The van der Waals surface area contributed by atoms with Gasteiger partial charge in [-0.1, -0.05) is 52.7 Å². The van der Waals surface area contributed by atoms with Gasteiger partial charge in [0, 0.05) is 38.4 Å². The summed E-state index contributed by atoms with van der Waals surface area (Å²) in [5.41, 5.74) is 0.583. The van der Waals surface area contributed by atoms with E-state index in [4.69, 9.17) is 9.15 Å². The van der Waals surface area contributed by atoms with E-state index in [1.54, 1.807) is 0 Å². The van der Waals surface area contributed by atoms with E-state index < -0.39 is 0 Å². The highest BCUT2D eigenvalue weighted by Gasteiger charge is 2.27. The van der Waals surface area contributed by atoms with E-state index in [9.17, 15) is 9.59 Å². The molecule has 0 aliphatic carbocycles. The first-order valence-corrected chi connectivity index (χ1v) is 13.9. The quantitative estimate of drug-likeness (QED) is 0.488. The van der Waals surface area contributed by atoms with Gasteiger partial charge in [-0.2, -0.15) is 0 Å². The minimum absolute atomic E-state index is 0.00354. The van der Waals surface area contributed by atoms with E-state index in [2.05, 4.69) is 24.0 Å². The average molecular weight is 513 g/mol. The van der Waals surface area contributed by atoms with Gasteiger partial charge < -0.3 is 19.0 Å². The minimum atomic E-state index is -0.0882. The Balaban J connectivity index is 1.81. The van der Waals surface area contributed by atoms with Gasteiger partial charge in [-0.3, -0.25) is 9.59 Å². The first-order chi connectivity index (χ1) is 17.8. The summed E-state index contributed by atoms with van der Waals surface area (Å²) in [7, 11) is 0. The second kappa shape index (κ2) is 14.1. The van der Waals surface area contributed by atoms with Crippen LogP contribution in [0.1, 0.15) is 101 Å². The van der Waals surface area contributed by atoms with Gasteiger partial charge in [0.15, 0.2) is 0 Å². The van der Waals surface area contributed by atoms with Crippen molar-refractivity contribution in [3.05, 3.63) is 41.6 Å². The van der Waals surface area contributed by atoms with Crippen LogP contribution in [0.2, 0.25) is 0 Å². The topological polar surface area (TPSA) is 88.8 Å². The van der Waals surface area contributed by atoms with Crippen LogP contribution in [0.4, 0.5) is 0 Å². The van der Waals surface area contributed by atoms with E-state index >= 15 is 0 Å². The molecule has 1 aromatic carbocycles. The third-order valence-corrected chi connectivity index (χ3v) is 6.83. The van der Waals surface area contributed by atoms with Gasteiger partial charge in [-0.25, -0.2) is 0 Å². The molecule has 1 atom stereocenters. The number of fused-ring (bicyclic) bond motifs is 1. The molecule has 0 unspecified atom stereocenters.